The molecule has 1 aliphatic rings. The molecule has 0 unspecified atom stereocenters. The smallest absolute Gasteiger partial charge is 0.169 e. The zero-order valence-electron chi connectivity index (χ0n) is 11.4. The molecular formula is C16H19NO. The maximum atomic E-state index is 12.7. The Morgan fingerprint density at radius 1 is 1.11 bits per heavy atom. The molecule has 0 radical (unpaired) electrons. The fourth-order valence-corrected chi connectivity index (χ4v) is 3.28. The fraction of sp³-hybridized carbons (Fsp3) is 0.438. The summed E-state index contributed by atoms with van der Waals surface area (Å²) in [6, 6.07) is 7.99. The number of fused-ring (bicyclic) bond motifs is 1. The Balaban J connectivity index is 2.05. The second-order valence-electron chi connectivity index (χ2n) is 6.49. The van der Waals surface area contributed by atoms with E-state index in [4.69, 9.17) is 0 Å². The standard InChI is InChI=1S/C16H19NO/c1-15(2)14(16(15,3)4)13(18)11-9-17-12-8-6-5-7-10(11)12/h5-9,14,17H,1-4H3. The van der Waals surface area contributed by atoms with Crippen LogP contribution in [0.3, 0.4) is 0 Å². The lowest BCUT2D eigenvalue weighted by molar-refractivity contribution is 0.0947. The third-order valence-corrected chi connectivity index (χ3v) is 5.14. The number of nitrogens with one attached hydrogen (secondary N) is 1. The molecule has 18 heavy (non-hydrogen) atoms. The van der Waals surface area contributed by atoms with Crippen LogP contribution in [-0.4, -0.2) is 10.8 Å². The van der Waals surface area contributed by atoms with Crippen molar-refractivity contribution >= 4 is 16.7 Å². The van der Waals surface area contributed by atoms with Gasteiger partial charge in [-0.05, 0) is 16.9 Å². The van der Waals surface area contributed by atoms with E-state index in [0.29, 0.717) is 0 Å². The predicted molar refractivity (Wildman–Crippen MR) is 73.7 cm³/mol. The summed E-state index contributed by atoms with van der Waals surface area (Å²) >= 11 is 0. The van der Waals surface area contributed by atoms with E-state index in [0.717, 1.165) is 16.5 Å². The molecule has 0 atom stereocenters. The number of rotatable bonds is 2. The Hall–Kier alpha value is -1.57. The molecule has 1 aromatic heterocycles. The minimum atomic E-state index is 0.0997. The Labute approximate surface area is 107 Å². The SMILES string of the molecule is CC1(C)C(C(=O)c2c[nH]c3ccccc23)C1(C)C. The Morgan fingerprint density at radius 3 is 2.33 bits per heavy atom. The lowest BCUT2D eigenvalue weighted by atomic mass is 10.0. The van der Waals surface area contributed by atoms with Gasteiger partial charge in [-0.2, -0.15) is 0 Å². The number of ketones is 1. The van der Waals surface area contributed by atoms with E-state index in [-0.39, 0.29) is 22.5 Å². The molecule has 2 nitrogen and oxygen atoms in total. The summed E-state index contributed by atoms with van der Waals surface area (Å²) in [5, 5.41) is 1.04. The molecule has 0 aliphatic heterocycles. The van der Waals surface area contributed by atoms with Crippen molar-refractivity contribution in [2.24, 2.45) is 16.7 Å². The highest BCUT2D eigenvalue weighted by molar-refractivity contribution is 6.10. The van der Waals surface area contributed by atoms with Crippen LogP contribution in [0.1, 0.15) is 38.1 Å². The first-order valence-electron chi connectivity index (χ1n) is 6.47. The minimum absolute atomic E-state index is 0.0997. The largest absolute Gasteiger partial charge is 0.360 e. The predicted octanol–water partition coefficient (Wildman–Crippen LogP) is 4.03. The molecule has 1 saturated carbocycles. The van der Waals surface area contributed by atoms with Gasteiger partial charge in [0.25, 0.3) is 0 Å². The molecule has 1 heterocycles. The van der Waals surface area contributed by atoms with Gasteiger partial charge >= 0.3 is 0 Å². The van der Waals surface area contributed by atoms with Crippen molar-refractivity contribution in [1.82, 2.24) is 4.98 Å². The van der Waals surface area contributed by atoms with Gasteiger partial charge in [0.15, 0.2) is 5.78 Å². The van der Waals surface area contributed by atoms with Crippen molar-refractivity contribution in [3.63, 3.8) is 0 Å². The van der Waals surface area contributed by atoms with Crippen LogP contribution in [0, 0.1) is 16.7 Å². The lowest BCUT2D eigenvalue weighted by Crippen LogP contribution is -2.06. The van der Waals surface area contributed by atoms with Gasteiger partial charge in [0.1, 0.15) is 0 Å². The van der Waals surface area contributed by atoms with Gasteiger partial charge in [0.05, 0.1) is 0 Å². The van der Waals surface area contributed by atoms with Crippen molar-refractivity contribution < 1.29 is 4.79 Å². The number of aromatic amines is 1. The molecule has 2 heteroatoms. The first-order valence-corrected chi connectivity index (χ1v) is 6.47. The topological polar surface area (TPSA) is 32.9 Å². The fourth-order valence-electron chi connectivity index (χ4n) is 3.28. The maximum Gasteiger partial charge on any atom is 0.169 e. The van der Waals surface area contributed by atoms with Crippen LogP contribution < -0.4 is 0 Å². The monoisotopic (exact) mass is 241 g/mol. The van der Waals surface area contributed by atoms with Gasteiger partial charge in [-0.3, -0.25) is 4.79 Å². The van der Waals surface area contributed by atoms with Crippen molar-refractivity contribution in [2.75, 3.05) is 0 Å². The van der Waals surface area contributed by atoms with E-state index in [1.807, 2.05) is 30.5 Å². The summed E-state index contributed by atoms with van der Waals surface area (Å²) in [5.74, 6) is 0.409. The first-order chi connectivity index (χ1) is 8.37. The normalized spacial score (nSPS) is 21.1. The summed E-state index contributed by atoms with van der Waals surface area (Å²) in [7, 11) is 0. The number of hydrogen-bond acceptors (Lipinski definition) is 1. The summed E-state index contributed by atoms with van der Waals surface area (Å²) < 4.78 is 0. The van der Waals surface area contributed by atoms with Crippen LogP contribution in [-0.2, 0) is 0 Å². The number of hydrogen-bond donors (Lipinski definition) is 1. The zero-order valence-corrected chi connectivity index (χ0v) is 11.4. The number of carbonyl (C=O) groups is 1. The Bertz CT molecular complexity index is 619. The second-order valence-corrected chi connectivity index (χ2v) is 6.49. The molecule has 1 aliphatic carbocycles. The molecule has 94 valence electrons. The van der Waals surface area contributed by atoms with E-state index in [1.54, 1.807) is 0 Å². The number of benzene rings is 1. The van der Waals surface area contributed by atoms with E-state index >= 15 is 0 Å². The highest BCUT2D eigenvalue weighted by Gasteiger charge is 2.68. The van der Waals surface area contributed by atoms with Gasteiger partial charge in [0.2, 0.25) is 0 Å². The van der Waals surface area contributed by atoms with Crippen LogP contribution in [0.5, 0.6) is 0 Å². The van der Waals surface area contributed by atoms with Gasteiger partial charge < -0.3 is 4.98 Å². The van der Waals surface area contributed by atoms with E-state index in [1.165, 1.54) is 0 Å². The Morgan fingerprint density at radius 2 is 1.72 bits per heavy atom. The summed E-state index contributed by atoms with van der Waals surface area (Å²) in [6.07, 6.45) is 1.86. The lowest BCUT2D eigenvalue weighted by Gasteiger charge is -2.03. The average Bonchev–Trinajstić information content (AvgIpc) is 2.66. The second kappa shape index (κ2) is 3.25. The molecular weight excluding hydrogens is 222 g/mol. The van der Waals surface area contributed by atoms with Gasteiger partial charge in [-0.25, -0.2) is 0 Å². The molecule has 1 aromatic carbocycles. The molecule has 0 bridgehead atoms. The van der Waals surface area contributed by atoms with Crippen LogP contribution >= 0.6 is 0 Å². The van der Waals surface area contributed by atoms with E-state index < -0.39 is 0 Å². The molecule has 1 N–H and O–H groups in total. The molecule has 0 spiro atoms. The molecule has 1 fully saturated rings. The summed E-state index contributed by atoms with van der Waals surface area (Å²) in [6.45, 7) is 8.74. The number of H-pyrrole nitrogens is 1. The number of aromatic nitrogens is 1. The number of para-hydroxylation sites is 1. The van der Waals surface area contributed by atoms with Gasteiger partial charge in [0, 0.05) is 28.6 Å². The van der Waals surface area contributed by atoms with E-state index in [9.17, 15) is 4.79 Å². The number of carbonyl (C=O) groups excluding carboxylic acids is 1. The summed E-state index contributed by atoms with van der Waals surface area (Å²) in [5.41, 5.74) is 2.08. The van der Waals surface area contributed by atoms with Crippen LogP contribution in [0.25, 0.3) is 10.9 Å². The highest BCUT2D eigenvalue weighted by Crippen LogP contribution is 2.69. The number of Topliss-reactive ketones (excluding diaryl/α,β-unsaturated/α-hetero) is 1. The van der Waals surface area contributed by atoms with Crippen molar-refractivity contribution in [3.05, 3.63) is 36.0 Å². The minimum Gasteiger partial charge on any atom is -0.360 e. The molecule has 2 aromatic rings. The van der Waals surface area contributed by atoms with Gasteiger partial charge in [-0.1, -0.05) is 45.9 Å². The molecule has 3 rings (SSSR count). The Kier molecular flexibility index (Phi) is 2.08. The third kappa shape index (κ3) is 1.26. The molecule has 0 amide bonds. The first kappa shape index (κ1) is 11.5. The van der Waals surface area contributed by atoms with E-state index in [2.05, 4.69) is 32.7 Å². The van der Waals surface area contributed by atoms with Crippen molar-refractivity contribution in [1.29, 1.82) is 0 Å². The zero-order chi connectivity index (χ0) is 13.1. The third-order valence-electron chi connectivity index (χ3n) is 5.14. The highest BCUT2D eigenvalue weighted by atomic mass is 16.1. The summed E-state index contributed by atoms with van der Waals surface area (Å²) in [4.78, 5) is 15.9. The quantitative estimate of drug-likeness (QED) is 0.791. The van der Waals surface area contributed by atoms with Crippen LogP contribution in [0.2, 0.25) is 0 Å². The van der Waals surface area contributed by atoms with Gasteiger partial charge in [-0.15, -0.1) is 0 Å². The van der Waals surface area contributed by atoms with Crippen LogP contribution in [0.15, 0.2) is 30.5 Å². The van der Waals surface area contributed by atoms with Crippen molar-refractivity contribution in [3.8, 4) is 0 Å². The average molecular weight is 241 g/mol. The van der Waals surface area contributed by atoms with Crippen LogP contribution in [0.4, 0.5) is 0 Å². The van der Waals surface area contributed by atoms with Crippen molar-refractivity contribution in [2.45, 2.75) is 27.7 Å². The molecule has 0 saturated heterocycles. The maximum absolute atomic E-state index is 12.7.